The van der Waals surface area contributed by atoms with E-state index in [1.165, 1.54) is 30.3 Å². The lowest BCUT2D eigenvalue weighted by Gasteiger charge is -2.19. The van der Waals surface area contributed by atoms with Gasteiger partial charge in [-0.05, 0) is 48.0 Å². The summed E-state index contributed by atoms with van der Waals surface area (Å²) in [6, 6.07) is 17.0. The smallest absolute Gasteiger partial charge is 0.338 e. The molecule has 0 amide bonds. The molecule has 0 N–H and O–H groups in total. The molecule has 1 aliphatic rings. The molecule has 29 heavy (non-hydrogen) atoms. The standard InChI is InChI=1S/C22H16O6S/c1-27-16-9-6-14(7-10-16)13-28-22(24)15-8-11-18-20(12-15)29(25,26)19-5-3-2-4-17(19)21(18)23/h2-12H,13H2,1H3. The molecule has 3 aromatic rings. The van der Waals surface area contributed by atoms with Crippen molar-refractivity contribution < 1.29 is 27.5 Å². The predicted octanol–water partition coefficient (Wildman–Crippen LogP) is 3.43. The van der Waals surface area contributed by atoms with Crippen molar-refractivity contribution in [3.05, 3.63) is 89.0 Å². The molecule has 3 aromatic carbocycles. The number of benzene rings is 3. The van der Waals surface area contributed by atoms with Gasteiger partial charge in [-0.15, -0.1) is 0 Å². The summed E-state index contributed by atoms with van der Waals surface area (Å²) in [6.45, 7) is 0.0222. The van der Waals surface area contributed by atoms with Crippen LogP contribution >= 0.6 is 0 Å². The largest absolute Gasteiger partial charge is 0.497 e. The first-order valence-corrected chi connectivity index (χ1v) is 10.2. The Morgan fingerprint density at radius 3 is 2.31 bits per heavy atom. The fourth-order valence-electron chi connectivity index (χ4n) is 3.17. The molecule has 0 fully saturated rings. The molecule has 7 heteroatoms. The molecular formula is C22H16O6S. The van der Waals surface area contributed by atoms with E-state index < -0.39 is 15.8 Å². The van der Waals surface area contributed by atoms with Gasteiger partial charge in [-0.3, -0.25) is 4.79 Å². The maximum atomic E-state index is 12.9. The van der Waals surface area contributed by atoms with Crippen molar-refractivity contribution in [2.24, 2.45) is 0 Å². The van der Waals surface area contributed by atoms with Crippen LogP contribution in [-0.2, 0) is 21.2 Å². The molecule has 0 saturated carbocycles. The number of hydrogen-bond donors (Lipinski definition) is 0. The number of carbonyl (C=O) groups excluding carboxylic acids is 2. The number of fused-ring (bicyclic) bond motifs is 2. The predicted molar refractivity (Wildman–Crippen MR) is 104 cm³/mol. The van der Waals surface area contributed by atoms with Crippen LogP contribution in [0.4, 0.5) is 0 Å². The van der Waals surface area contributed by atoms with Crippen LogP contribution < -0.4 is 4.74 Å². The lowest BCUT2D eigenvalue weighted by atomic mass is 10.0. The van der Waals surface area contributed by atoms with Gasteiger partial charge in [0.15, 0.2) is 5.78 Å². The van der Waals surface area contributed by atoms with Gasteiger partial charge in [-0.25, -0.2) is 13.2 Å². The van der Waals surface area contributed by atoms with Gasteiger partial charge in [0.25, 0.3) is 0 Å². The zero-order valence-corrected chi connectivity index (χ0v) is 16.2. The summed E-state index contributed by atoms with van der Waals surface area (Å²) in [7, 11) is -2.35. The van der Waals surface area contributed by atoms with Crippen LogP contribution in [0.3, 0.4) is 0 Å². The normalized spacial score (nSPS) is 13.9. The summed E-state index contributed by atoms with van der Waals surface area (Å²) >= 11 is 0. The van der Waals surface area contributed by atoms with Gasteiger partial charge in [0.1, 0.15) is 12.4 Å². The average Bonchev–Trinajstić information content (AvgIpc) is 2.76. The van der Waals surface area contributed by atoms with Crippen LogP contribution in [0.2, 0.25) is 0 Å². The van der Waals surface area contributed by atoms with Crippen molar-refractivity contribution in [3.63, 3.8) is 0 Å². The van der Waals surface area contributed by atoms with Crippen molar-refractivity contribution in [2.75, 3.05) is 7.11 Å². The van der Waals surface area contributed by atoms with E-state index in [2.05, 4.69) is 0 Å². The Hall–Kier alpha value is -3.45. The average molecular weight is 408 g/mol. The summed E-state index contributed by atoms with van der Waals surface area (Å²) in [5.74, 6) is -0.376. The molecule has 1 aliphatic heterocycles. The summed E-state index contributed by atoms with van der Waals surface area (Å²) in [5.41, 5.74) is 1.01. The first kappa shape index (κ1) is 18.9. The van der Waals surface area contributed by atoms with E-state index in [4.69, 9.17) is 9.47 Å². The number of ether oxygens (including phenoxy) is 2. The van der Waals surface area contributed by atoms with Crippen molar-refractivity contribution in [1.29, 1.82) is 0 Å². The third kappa shape index (κ3) is 3.30. The van der Waals surface area contributed by atoms with E-state index in [0.717, 1.165) is 5.56 Å². The highest BCUT2D eigenvalue weighted by molar-refractivity contribution is 7.91. The second kappa shape index (κ2) is 7.18. The number of rotatable bonds is 4. The summed E-state index contributed by atoms with van der Waals surface area (Å²) in [4.78, 5) is 24.9. The topological polar surface area (TPSA) is 86.7 Å². The monoisotopic (exact) mass is 408 g/mol. The van der Waals surface area contributed by atoms with Crippen LogP contribution in [0, 0.1) is 0 Å². The lowest BCUT2D eigenvalue weighted by molar-refractivity contribution is 0.0472. The molecule has 0 bridgehead atoms. The number of esters is 1. The Kier molecular flexibility index (Phi) is 4.68. The zero-order valence-electron chi connectivity index (χ0n) is 15.4. The van der Waals surface area contributed by atoms with Gasteiger partial charge >= 0.3 is 5.97 Å². The Morgan fingerprint density at radius 2 is 1.59 bits per heavy atom. The molecule has 6 nitrogen and oxygen atoms in total. The highest BCUT2D eigenvalue weighted by Crippen LogP contribution is 2.34. The molecule has 0 aromatic heterocycles. The molecular weight excluding hydrogens is 392 g/mol. The Labute approximate surface area is 167 Å². The highest BCUT2D eigenvalue weighted by atomic mass is 32.2. The van der Waals surface area contributed by atoms with Crippen molar-refractivity contribution in [3.8, 4) is 5.75 Å². The van der Waals surface area contributed by atoms with E-state index in [9.17, 15) is 18.0 Å². The van der Waals surface area contributed by atoms with E-state index in [-0.39, 0.29) is 38.9 Å². The van der Waals surface area contributed by atoms with Crippen LogP contribution in [0.1, 0.15) is 31.8 Å². The van der Waals surface area contributed by atoms with Gasteiger partial charge in [0.2, 0.25) is 9.84 Å². The van der Waals surface area contributed by atoms with Crippen LogP contribution in [-0.4, -0.2) is 27.3 Å². The molecule has 0 radical (unpaired) electrons. The van der Waals surface area contributed by atoms with Crippen molar-refractivity contribution >= 4 is 21.6 Å². The molecule has 0 aliphatic carbocycles. The fourth-order valence-corrected chi connectivity index (χ4v) is 4.84. The first-order chi connectivity index (χ1) is 13.9. The molecule has 0 atom stereocenters. The number of hydrogen-bond acceptors (Lipinski definition) is 6. The minimum atomic E-state index is -3.91. The van der Waals surface area contributed by atoms with Gasteiger partial charge in [0, 0.05) is 11.1 Å². The highest BCUT2D eigenvalue weighted by Gasteiger charge is 2.35. The molecule has 0 unspecified atom stereocenters. The number of sulfone groups is 1. The zero-order chi connectivity index (χ0) is 20.6. The van der Waals surface area contributed by atoms with E-state index >= 15 is 0 Å². The second-order valence-corrected chi connectivity index (χ2v) is 8.35. The lowest BCUT2D eigenvalue weighted by Crippen LogP contribution is -2.21. The van der Waals surface area contributed by atoms with E-state index in [0.29, 0.717) is 5.75 Å². The Bertz CT molecular complexity index is 1230. The van der Waals surface area contributed by atoms with Crippen LogP contribution in [0.25, 0.3) is 0 Å². The third-order valence-corrected chi connectivity index (χ3v) is 6.55. The minimum Gasteiger partial charge on any atom is -0.497 e. The van der Waals surface area contributed by atoms with E-state index in [1.54, 1.807) is 43.5 Å². The Morgan fingerprint density at radius 1 is 0.897 bits per heavy atom. The summed E-state index contributed by atoms with van der Waals surface area (Å²) in [5, 5.41) is 0. The number of ketones is 1. The van der Waals surface area contributed by atoms with E-state index in [1.807, 2.05) is 0 Å². The van der Waals surface area contributed by atoms with Crippen LogP contribution in [0.5, 0.6) is 5.75 Å². The maximum absolute atomic E-state index is 12.9. The van der Waals surface area contributed by atoms with Gasteiger partial charge in [-0.1, -0.05) is 24.3 Å². The fraction of sp³-hybridized carbons (Fsp3) is 0.0909. The second-order valence-electron chi connectivity index (χ2n) is 6.46. The molecule has 1 heterocycles. The quantitative estimate of drug-likeness (QED) is 0.481. The molecule has 0 saturated heterocycles. The van der Waals surface area contributed by atoms with Gasteiger partial charge in [-0.2, -0.15) is 0 Å². The summed E-state index contributed by atoms with van der Waals surface area (Å²) < 4.78 is 36.2. The minimum absolute atomic E-state index is 0.0222. The van der Waals surface area contributed by atoms with Gasteiger partial charge in [0.05, 0.1) is 22.5 Å². The molecule has 4 rings (SSSR count). The SMILES string of the molecule is COc1ccc(COC(=O)c2ccc3c(c2)S(=O)(=O)c2ccccc2C3=O)cc1. The molecule has 146 valence electrons. The number of methoxy groups -OCH3 is 1. The third-order valence-electron chi connectivity index (χ3n) is 4.70. The first-order valence-electron chi connectivity index (χ1n) is 8.75. The van der Waals surface area contributed by atoms with Crippen molar-refractivity contribution in [2.45, 2.75) is 16.4 Å². The number of carbonyl (C=O) groups is 2. The van der Waals surface area contributed by atoms with Gasteiger partial charge < -0.3 is 9.47 Å². The maximum Gasteiger partial charge on any atom is 0.338 e. The summed E-state index contributed by atoms with van der Waals surface area (Å²) in [6.07, 6.45) is 0. The molecule has 0 spiro atoms. The van der Waals surface area contributed by atoms with Crippen molar-refractivity contribution in [1.82, 2.24) is 0 Å². The Balaban J connectivity index is 1.61. The van der Waals surface area contributed by atoms with Crippen LogP contribution in [0.15, 0.2) is 76.5 Å².